The SMILES string of the molecule is COC(=O)O[C@@H]1C(/C=C/C(C)(C)c2ccccc2)C=CC([CH]=[Mo])[C@@H]1OC(=O)OC. The Morgan fingerprint density at radius 2 is 1.45 bits per heavy atom. The van der Waals surface area contributed by atoms with E-state index in [9.17, 15) is 9.59 Å². The number of carbonyl (C=O) groups is 2. The zero-order chi connectivity index (χ0) is 21.4. The van der Waals surface area contributed by atoms with Crippen molar-refractivity contribution < 1.29 is 47.9 Å². The van der Waals surface area contributed by atoms with Crippen LogP contribution in [0, 0.1) is 11.8 Å². The molecule has 1 aromatic carbocycles. The maximum atomic E-state index is 11.9. The van der Waals surface area contributed by atoms with E-state index < -0.39 is 24.5 Å². The van der Waals surface area contributed by atoms with Crippen LogP contribution in [-0.2, 0) is 43.7 Å². The Bertz CT molecular complexity index is 771. The molecule has 2 rings (SSSR count). The molecule has 156 valence electrons. The van der Waals surface area contributed by atoms with Crippen LogP contribution in [0.2, 0.25) is 0 Å². The van der Waals surface area contributed by atoms with Gasteiger partial charge in [-0.15, -0.1) is 0 Å². The third kappa shape index (κ3) is 6.14. The molecule has 0 amide bonds. The number of allylic oxidation sites excluding steroid dienone is 1. The molecule has 7 heteroatoms. The standard InChI is InChI=1S/C22H26O6.Mo/c1-15-11-12-16(13-14-22(2,3)17-9-7-6-8-10-17)19(28-21(24)26-5)18(15)27-20(23)25-4;/h1,6-16,18-19H,2-5H3;/b14-13+;/t15?,16?,18-,19+;/m0./s1. The molecular weight excluding hydrogens is 456 g/mol. The fourth-order valence-corrected chi connectivity index (χ4v) is 3.74. The Morgan fingerprint density at radius 3 is 1.97 bits per heavy atom. The molecule has 0 heterocycles. The van der Waals surface area contributed by atoms with Crippen molar-refractivity contribution in [3.8, 4) is 0 Å². The van der Waals surface area contributed by atoms with E-state index >= 15 is 0 Å². The Labute approximate surface area is 182 Å². The van der Waals surface area contributed by atoms with Gasteiger partial charge in [0.05, 0.1) is 0 Å². The molecule has 1 aromatic rings. The number of rotatable bonds is 6. The minimum atomic E-state index is -0.833. The molecule has 4 atom stereocenters. The zero-order valence-corrected chi connectivity index (χ0v) is 18.9. The molecule has 0 spiro atoms. The number of methoxy groups -OCH3 is 2. The molecule has 1 aliphatic rings. The van der Waals surface area contributed by atoms with Gasteiger partial charge in [0.15, 0.2) is 0 Å². The van der Waals surface area contributed by atoms with Crippen molar-refractivity contribution in [1.29, 1.82) is 0 Å². The first kappa shape index (κ1) is 23.1. The van der Waals surface area contributed by atoms with Crippen molar-refractivity contribution in [3.63, 3.8) is 0 Å². The maximum absolute atomic E-state index is 11.9. The molecule has 29 heavy (non-hydrogen) atoms. The summed E-state index contributed by atoms with van der Waals surface area (Å²) in [6.07, 6.45) is 4.79. The van der Waals surface area contributed by atoms with Gasteiger partial charge in [0.1, 0.15) is 0 Å². The molecule has 0 bridgehead atoms. The summed E-state index contributed by atoms with van der Waals surface area (Å²) in [7, 11) is 2.48. The molecule has 2 unspecified atom stereocenters. The van der Waals surface area contributed by atoms with E-state index in [1.54, 1.807) is 19.4 Å². The topological polar surface area (TPSA) is 71.1 Å². The van der Waals surface area contributed by atoms with Crippen molar-refractivity contribution in [2.45, 2.75) is 31.5 Å². The zero-order valence-electron chi connectivity index (χ0n) is 16.9. The van der Waals surface area contributed by atoms with Gasteiger partial charge in [0.25, 0.3) is 0 Å². The number of carbonyl (C=O) groups excluding carboxylic acids is 2. The molecule has 0 N–H and O–H groups in total. The third-order valence-electron chi connectivity index (χ3n) is 4.85. The quantitative estimate of drug-likeness (QED) is 0.347. The average Bonchev–Trinajstić information content (AvgIpc) is 2.74. The molecular formula is C22H26MoO6. The third-order valence-corrected chi connectivity index (χ3v) is 5.62. The summed E-state index contributed by atoms with van der Waals surface area (Å²) in [6.45, 7) is 4.21. The second kappa shape index (κ2) is 10.5. The van der Waals surface area contributed by atoms with Crippen molar-refractivity contribution >= 4 is 16.7 Å². The second-order valence-corrected chi connectivity index (χ2v) is 7.86. The predicted molar refractivity (Wildman–Crippen MR) is 105 cm³/mol. The van der Waals surface area contributed by atoms with E-state index in [0.717, 1.165) is 5.56 Å². The first-order valence-corrected chi connectivity index (χ1v) is 10.4. The predicted octanol–water partition coefficient (Wildman–Crippen LogP) is 3.97. The Balaban J connectivity index is 2.34. The van der Waals surface area contributed by atoms with Gasteiger partial charge in [0.2, 0.25) is 0 Å². The van der Waals surface area contributed by atoms with Crippen molar-refractivity contribution in [3.05, 3.63) is 60.2 Å². The van der Waals surface area contributed by atoms with Crippen LogP contribution in [0.1, 0.15) is 19.4 Å². The minimum absolute atomic E-state index is 0.222. The van der Waals surface area contributed by atoms with E-state index in [-0.39, 0.29) is 17.3 Å². The van der Waals surface area contributed by atoms with E-state index in [4.69, 9.17) is 9.47 Å². The van der Waals surface area contributed by atoms with E-state index in [2.05, 4.69) is 41.5 Å². The molecule has 0 radical (unpaired) electrons. The van der Waals surface area contributed by atoms with Gasteiger partial charge in [-0.25, -0.2) is 0 Å². The Hall–Kier alpha value is -2.20. The molecule has 6 nitrogen and oxygen atoms in total. The number of hydrogen-bond acceptors (Lipinski definition) is 6. The fourth-order valence-electron chi connectivity index (χ4n) is 3.14. The van der Waals surface area contributed by atoms with Crippen LogP contribution in [0.3, 0.4) is 0 Å². The first-order chi connectivity index (χ1) is 13.8. The number of benzene rings is 1. The number of ether oxygens (including phenoxy) is 4. The van der Waals surface area contributed by atoms with Crippen molar-refractivity contribution in [1.82, 2.24) is 0 Å². The Kier molecular flexibility index (Phi) is 8.39. The van der Waals surface area contributed by atoms with Gasteiger partial charge in [-0.05, 0) is 0 Å². The summed E-state index contributed by atoms with van der Waals surface area (Å²) >= 11 is 1.78. The van der Waals surface area contributed by atoms with Crippen LogP contribution < -0.4 is 0 Å². The summed E-state index contributed by atoms with van der Waals surface area (Å²) in [5.74, 6) is -0.524. The summed E-state index contributed by atoms with van der Waals surface area (Å²) in [6, 6.07) is 10.1. The summed E-state index contributed by atoms with van der Waals surface area (Å²) < 4.78 is 22.1. The summed E-state index contributed by atoms with van der Waals surface area (Å²) in [5, 5.41) is 0. The summed E-state index contributed by atoms with van der Waals surface area (Å²) in [5.41, 5.74) is 0.918. The fraction of sp³-hybridized carbons (Fsp3) is 0.409. The van der Waals surface area contributed by atoms with Crippen LogP contribution in [0.25, 0.3) is 0 Å². The second-order valence-electron chi connectivity index (χ2n) is 7.20. The van der Waals surface area contributed by atoms with Gasteiger partial charge >= 0.3 is 182 Å². The molecule has 0 fully saturated rings. The van der Waals surface area contributed by atoms with E-state index in [1.165, 1.54) is 14.2 Å². The van der Waals surface area contributed by atoms with Crippen LogP contribution in [0.4, 0.5) is 9.59 Å². The van der Waals surface area contributed by atoms with Crippen molar-refractivity contribution in [2.24, 2.45) is 11.8 Å². The number of hydrogen-bond donors (Lipinski definition) is 0. The normalized spacial score (nSPS) is 24.0. The van der Waals surface area contributed by atoms with Crippen molar-refractivity contribution in [2.75, 3.05) is 14.2 Å². The van der Waals surface area contributed by atoms with Crippen LogP contribution in [0.15, 0.2) is 54.6 Å². The van der Waals surface area contributed by atoms with E-state index in [1.807, 2.05) is 40.8 Å². The average molecular weight is 482 g/mol. The molecule has 0 aliphatic heterocycles. The molecule has 0 saturated carbocycles. The Morgan fingerprint density at radius 1 is 0.931 bits per heavy atom. The molecule has 0 aromatic heterocycles. The van der Waals surface area contributed by atoms with Crippen LogP contribution in [0.5, 0.6) is 0 Å². The van der Waals surface area contributed by atoms with Gasteiger partial charge in [-0.3, -0.25) is 0 Å². The monoisotopic (exact) mass is 484 g/mol. The van der Waals surface area contributed by atoms with E-state index in [0.29, 0.717) is 0 Å². The molecule has 0 saturated heterocycles. The molecule has 1 aliphatic carbocycles. The first-order valence-electron chi connectivity index (χ1n) is 9.20. The van der Waals surface area contributed by atoms with Gasteiger partial charge in [-0.1, -0.05) is 0 Å². The van der Waals surface area contributed by atoms with Gasteiger partial charge in [-0.2, -0.15) is 0 Å². The summed E-state index contributed by atoms with van der Waals surface area (Å²) in [4.78, 5) is 23.6. The van der Waals surface area contributed by atoms with Crippen LogP contribution >= 0.6 is 0 Å². The van der Waals surface area contributed by atoms with Gasteiger partial charge in [0, 0.05) is 0 Å². The van der Waals surface area contributed by atoms with Gasteiger partial charge < -0.3 is 0 Å². The van der Waals surface area contributed by atoms with Crippen LogP contribution in [-0.4, -0.2) is 43.1 Å².